The zero-order valence-corrected chi connectivity index (χ0v) is 18.7. The smallest absolute Gasteiger partial charge is 0.270 e. The largest absolute Gasteiger partial charge is 0.370 e. The highest BCUT2D eigenvalue weighted by atomic mass is 32.2. The second kappa shape index (κ2) is 7.96. The predicted octanol–water partition coefficient (Wildman–Crippen LogP) is 4.31. The van der Waals surface area contributed by atoms with Gasteiger partial charge in [0.25, 0.3) is 5.69 Å². The van der Waals surface area contributed by atoms with Gasteiger partial charge in [-0.05, 0) is 44.9 Å². The fourth-order valence-corrected chi connectivity index (χ4v) is 5.39. The normalized spacial score (nSPS) is 17.4. The number of imidazole rings is 1. The Hall–Kier alpha value is -2.94. The molecular formula is C22H26N4O4S. The molecule has 3 aromatic rings. The molecule has 1 aliphatic rings. The first kappa shape index (κ1) is 21.3. The van der Waals surface area contributed by atoms with Crippen LogP contribution in [0, 0.1) is 10.1 Å². The van der Waals surface area contributed by atoms with E-state index in [-0.39, 0.29) is 22.5 Å². The Kier molecular flexibility index (Phi) is 5.47. The third-order valence-electron chi connectivity index (χ3n) is 5.82. The molecule has 4 rings (SSSR count). The minimum atomic E-state index is -3.63. The van der Waals surface area contributed by atoms with Crippen molar-refractivity contribution in [3.05, 3.63) is 58.4 Å². The zero-order valence-electron chi connectivity index (χ0n) is 17.9. The van der Waals surface area contributed by atoms with E-state index in [1.807, 2.05) is 23.1 Å². The summed E-state index contributed by atoms with van der Waals surface area (Å²) in [4.78, 5) is 17.6. The lowest BCUT2D eigenvalue weighted by Crippen LogP contribution is -2.36. The Balaban J connectivity index is 1.75. The lowest BCUT2D eigenvalue weighted by atomic mass is 9.96. The van der Waals surface area contributed by atoms with Crippen LogP contribution in [0.1, 0.15) is 44.5 Å². The lowest BCUT2D eigenvalue weighted by molar-refractivity contribution is -0.385. The molecular weight excluding hydrogens is 416 g/mol. The number of nitro groups is 1. The number of benzene rings is 2. The van der Waals surface area contributed by atoms with E-state index in [1.165, 1.54) is 6.07 Å². The summed E-state index contributed by atoms with van der Waals surface area (Å²) >= 11 is 0. The van der Waals surface area contributed by atoms with Gasteiger partial charge in [-0.2, -0.15) is 0 Å². The predicted molar refractivity (Wildman–Crippen MR) is 121 cm³/mol. The first-order valence-corrected chi connectivity index (χ1v) is 12.3. The molecule has 1 atom stereocenters. The van der Waals surface area contributed by atoms with Crippen molar-refractivity contribution < 1.29 is 13.3 Å². The van der Waals surface area contributed by atoms with Gasteiger partial charge < -0.3 is 9.47 Å². The summed E-state index contributed by atoms with van der Waals surface area (Å²) in [5, 5.41) is 11.2. The maximum Gasteiger partial charge on any atom is 0.270 e. The number of nitro benzene ring substituents is 1. The summed E-state index contributed by atoms with van der Waals surface area (Å²) < 4.78 is 27.1. The van der Waals surface area contributed by atoms with Crippen molar-refractivity contribution in [3.63, 3.8) is 0 Å². The van der Waals surface area contributed by atoms with Crippen LogP contribution in [0.5, 0.6) is 0 Å². The molecule has 1 unspecified atom stereocenters. The molecule has 2 aromatic carbocycles. The molecule has 0 amide bonds. The fourth-order valence-electron chi connectivity index (χ4n) is 4.48. The van der Waals surface area contributed by atoms with Gasteiger partial charge in [0, 0.05) is 43.4 Å². The van der Waals surface area contributed by atoms with Gasteiger partial charge in [-0.15, -0.1) is 0 Å². The Morgan fingerprint density at radius 2 is 1.94 bits per heavy atom. The SMILES string of the molecule is CC(C)n1c(C2CCCN(c3ccc([N+](=O)[O-])cc3S(C)(=O)=O)C2)nc2ccccc21. The zero-order chi connectivity index (χ0) is 22.3. The van der Waals surface area contributed by atoms with Crippen LogP contribution in [-0.2, 0) is 9.84 Å². The average molecular weight is 443 g/mol. The first-order valence-electron chi connectivity index (χ1n) is 10.4. The summed E-state index contributed by atoms with van der Waals surface area (Å²) in [6.45, 7) is 5.57. The highest BCUT2D eigenvalue weighted by molar-refractivity contribution is 7.90. The van der Waals surface area contributed by atoms with Crippen LogP contribution in [0.3, 0.4) is 0 Å². The highest BCUT2D eigenvalue weighted by Crippen LogP contribution is 2.36. The second-order valence-corrected chi connectivity index (χ2v) is 10.4. The Morgan fingerprint density at radius 3 is 2.61 bits per heavy atom. The van der Waals surface area contributed by atoms with Gasteiger partial charge in [0.15, 0.2) is 9.84 Å². The molecule has 164 valence electrons. The van der Waals surface area contributed by atoms with Crippen molar-refractivity contribution in [2.24, 2.45) is 0 Å². The van der Waals surface area contributed by atoms with Gasteiger partial charge in [0.05, 0.1) is 26.5 Å². The maximum absolute atomic E-state index is 12.4. The van der Waals surface area contributed by atoms with E-state index in [2.05, 4.69) is 24.5 Å². The van der Waals surface area contributed by atoms with Crippen molar-refractivity contribution in [1.29, 1.82) is 0 Å². The number of fused-ring (bicyclic) bond motifs is 1. The molecule has 0 spiro atoms. The molecule has 1 fully saturated rings. The number of para-hydroxylation sites is 2. The van der Waals surface area contributed by atoms with Gasteiger partial charge in [0.1, 0.15) is 5.82 Å². The van der Waals surface area contributed by atoms with Crippen LogP contribution >= 0.6 is 0 Å². The fraction of sp³-hybridized carbons (Fsp3) is 0.409. The van der Waals surface area contributed by atoms with E-state index in [0.717, 1.165) is 42.0 Å². The second-order valence-electron chi connectivity index (χ2n) is 8.39. The summed E-state index contributed by atoms with van der Waals surface area (Å²) in [7, 11) is -3.63. The minimum Gasteiger partial charge on any atom is -0.370 e. The van der Waals surface area contributed by atoms with Crippen molar-refractivity contribution in [2.45, 2.75) is 43.5 Å². The number of aromatic nitrogens is 2. The van der Waals surface area contributed by atoms with Crippen molar-refractivity contribution in [1.82, 2.24) is 9.55 Å². The molecule has 1 aromatic heterocycles. The monoisotopic (exact) mass is 442 g/mol. The number of hydrogen-bond donors (Lipinski definition) is 0. The molecule has 31 heavy (non-hydrogen) atoms. The minimum absolute atomic E-state index is 0.000266. The third-order valence-corrected chi connectivity index (χ3v) is 6.95. The van der Waals surface area contributed by atoms with Crippen LogP contribution in [0.25, 0.3) is 11.0 Å². The molecule has 0 saturated carbocycles. The molecule has 9 heteroatoms. The van der Waals surface area contributed by atoms with Crippen molar-refractivity contribution >= 4 is 32.2 Å². The molecule has 0 N–H and O–H groups in total. The van der Waals surface area contributed by atoms with Gasteiger partial charge in [-0.25, -0.2) is 13.4 Å². The van der Waals surface area contributed by atoms with E-state index in [4.69, 9.17) is 4.98 Å². The Bertz CT molecular complexity index is 1250. The molecule has 0 aliphatic carbocycles. The van der Waals surface area contributed by atoms with E-state index in [9.17, 15) is 18.5 Å². The number of nitrogens with zero attached hydrogens (tertiary/aromatic N) is 4. The maximum atomic E-state index is 12.4. The van der Waals surface area contributed by atoms with Crippen molar-refractivity contribution in [2.75, 3.05) is 24.2 Å². The molecule has 2 heterocycles. The molecule has 0 bridgehead atoms. The number of hydrogen-bond acceptors (Lipinski definition) is 6. The number of rotatable bonds is 5. The van der Waals surface area contributed by atoms with E-state index in [1.54, 1.807) is 6.07 Å². The third kappa shape index (κ3) is 4.01. The molecule has 1 aliphatic heterocycles. The van der Waals surface area contributed by atoms with Crippen LogP contribution in [0.2, 0.25) is 0 Å². The molecule has 1 saturated heterocycles. The van der Waals surface area contributed by atoms with E-state index < -0.39 is 14.8 Å². The molecule has 0 radical (unpaired) electrons. The van der Waals surface area contributed by atoms with Crippen LogP contribution in [0.15, 0.2) is 47.4 Å². The van der Waals surface area contributed by atoms with Crippen LogP contribution in [0.4, 0.5) is 11.4 Å². The lowest BCUT2D eigenvalue weighted by Gasteiger charge is -2.35. The quantitative estimate of drug-likeness (QED) is 0.431. The van der Waals surface area contributed by atoms with E-state index in [0.29, 0.717) is 18.8 Å². The first-order chi connectivity index (χ1) is 14.7. The summed E-state index contributed by atoms with van der Waals surface area (Å²) in [5.74, 6) is 1.13. The Labute approximate surface area is 181 Å². The number of piperidine rings is 1. The summed E-state index contributed by atoms with van der Waals surface area (Å²) in [6, 6.07) is 12.4. The number of non-ortho nitro benzene ring substituents is 1. The van der Waals surface area contributed by atoms with Gasteiger partial charge in [-0.1, -0.05) is 12.1 Å². The standard InChI is InChI=1S/C22H26N4O4S/c1-15(2)25-19-9-5-4-8-18(19)23-22(25)16-7-6-12-24(14-16)20-11-10-17(26(27)28)13-21(20)31(3,29)30/h4-5,8-11,13,15-16H,6-7,12,14H2,1-3H3. The average Bonchev–Trinajstić information content (AvgIpc) is 3.12. The van der Waals surface area contributed by atoms with Gasteiger partial charge in [0.2, 0.25) is 0 Å². The number of sulfone groups is 1. The molecule has 8 nitrogen and oxygen atoms in total. The summed E-state index contributed by atoms with van der Waals surface area (Å²) in [6.07, 6.45) is 2.93. The highest BCUT2D eigenvalue weighted by Gasteiger charge is 2.30. The van der Waals surface area contributed by atoms with Gasteiger partial charge in [-0.3, -0.25) is 10.1 Å². The van der Waals surface area contributed by atoms with Crippen LogP contribution in [-0.4, -0.2) is 42.2 Å². The van der Waals surface area contributed by atoms with E-state index >= 15 is 0 Å². The Morgan fingerprint density at radius 1 is 1.19 bits per heavy atom. The summed E-state index contributed by atoms with van der Waals surface area (Å²) in [5.41, 5.74) is 2.34. The van der Waals surface area contributed by atoms with Crippen molar-refractivity contribution in [3.8, 4) is 0 Å². The topological polar surface area (TPSA) is 98.3 Å². The van der Waals surface area contributed by atoms with Crippen LogP contribution < -0.4 is 4.90 Å². The van der Waals surface area contributed by atoms with Gasteiger partial charge >= 0.3 is 0 Å². The number of anilines is 1.